The van der Waals surface area contributed by atoms with Crippen molar-refractivity contribution < 1.29 is 9.53 Å². The minimum atomic E-state index is 0.0124. The van der Waals surface area contributed by atoms with Gasteiger partial charge in [-0.3, -0.25) is 9.48 Å². The molecule has 0 radical (unpaired) electrons. The average molecular weight is 379 g/mol. The Hall–Kier alpha value is -2.96. The summed E-state index contributed by atoms with van der Waals surface area (Å²) in [5.74, 6) is 1.09. The molecule has 1 saturated heterocycles. The van der Waals surface area contributed by atoms with Crippen LogP contribution in [0.25, 0.3) is 10.9 Å². The SMILES string of the molecule is Cc1ncnc(OCC2CCN(C(=O)c3nn(C)c4ccccc34)CC2)c1C. The van der Waals surface area contributed by atoms with Crippen LogP contribution in [0.3, 0.4) is 0 Å². The molecule has 1 aliphatic rings. The topological polar surface area (TPSA) is 73.1 Å². The highest BCUT2D eigenvalue weighted by Gasteiger charge is 2.27. The quantitative estimate of drug-likeness (QED) is 0.697. The van der Waals surface area contributed by atoms with Crippen LogP contribution in [-0.2, 0) is 7.05 Å². The maximum atomic E-state index is 13.0. The first-order valence-corrected chi connectivity index (χ1v) is 9.66. The van der Waals surface area contributed by atoms with Gasteiger partial charge in [-0.05, 0) is 38.7 Å². The smallest absolute Gasteiger partial charge is 0.275 e. The predicted octanol–water partition coefficient (Wildman–Crippen LogP) is 2.91. The Labute approximate surface area is 164 Å². The van der Waals surface area contributed by atoms with Gasteiger partial charge in [-0.1, -0.05) is 18.2 Å². The minimum Gasteiger partial charge on any atom is -0.477 e. The van der Waals surface area contributed by atoms with Crippen molar-refractivity contribution in [2.75, 3.05) is 19.7 Å². The monoisotopic (exact) mass is 379 g/mol. The van der Waals surface area contributed by atoms with Crippen LogP contribution in [0.2, 0.25) is 0 Å². The van der Waals surface area contributed by atoms with E-state index in [1.807, 2.05) is 50.1 Å². The number of para-hydroxylation sites is 1. The van der Waals surface area contributed by atoms with E-state index in [9.17, 15) is 4.79 Å². The first kappa shape index (κ1) is 18.4. The highest BCUT2D eigenvalue weighted by molar-refractivity contribution is 6.04. The fourth-order valence-corrected chi connectivity index (χ4v) is 3.68. The van der Waals surface area contributed by atoms with Crippen LogP contribution in [-0.4, -0.2) is 50.3 Å². The van der Waals surface area contributed by atoms with E-state index in [1.54, 1.807) is 4.68 Å². The molecular formula is C21H25N5O2. The molecule has 2 aromatic heterocycles. The molecule has 3 heterocycles. The number of amides is 1. The molecule has 1 aliphatic heterocycles. The zero-order valence-electron chi connectivity index (χ0n) is 16.6. The van der Waals surface area contributed by atoms with Crippen LogP contribution < -0.4 is 4.74 Å². The number of piperidine rings is 1. The number of benzene rings is 1. The largest absolute Gasteiger partial charge is 0.477 e. The summed E-state index contributed by atoms with van der Waals surface area (Å²) in [7, 11) is 1.87. The summed E-state index contributed by atoms with van der Waals surface area (Å²) >= 11 is 0. The van der Waals surface area contributed by atoms with Gasteiger partial charge in [-0.2, -0.15) is 5.10 Å². The van der Waals surface area contributed by atoms with Crippen molar-refractivity contribution in [3.63, 3.8) is 0 Å². The number of aromatic nitrogens is 4. The lowest BCUT2D eigenvalue weighted by atomic mass is 9.97. The van der Waals surface area contributed by atoms with Crippen molar-refractivity contribution in [1.82, 2.24) is 24.6 Å². The number of hydrogen-bond donors (Lipinski definition) is 0. The summed E-state index contributed by atoms with van der Waals surface area (Å²) in [4.78, 5) is 23.3. The molecule has 146 valence electrons. The van der Waals surface area contributed by atoms with Crippen LogP contribution in [0.1, 0.15) is 34.6 Å². The summed E-state index contributed by atoms with van der Waals surface area (Å²) in [6.07, 6.45) is 3.37. The molecule has 1 amide bonds. The van der Waals surface area contributed by atoms with Crippen LogP contribution >= 0.6 is 0 Å². The summed E-state index contributed by atoms with van der Waals surface area (Å²) in [6, 6.07) is 7.85. The fraction of sp³-hybridized carbons (Fsp3) is 0.429. The van der Waals surface area contributed by atoms with E-state index < -0.39 is 0 Å². The molecular weight excluding hydrogens is 354 g/mol. The lowest BCUT2D eigenvalue weighted by Gasteiger charge is -2.31. The second kappa shape index (κ2) is 7.58. The van der Waals surface area contributed by atoms with Gasteiger partial charge in [0, 0.05) is 36.8 Å². The number of aryl methyl sites for hydroxylation is 2. The first-order chi connectivity index (χ1) is 13.5. The third-order valence-electron chi connectivity index (χ3n) is 5.61. The summed E-state index contributed by atoms with van der Waals surface area (Å²) in [5.41, 5.74) is 3.44. The van der Waals surface area contributed by atoms with Gasteiger partial charge in [-0.25, -0.2) is 9.97 Å². The second-order valence-electron chi connectivity index (χ2n) is 7.43. The fourth-order valence-electron chi connectivity index (χ4n) is 3.68. The molecule has 0 spiro atoms. The van der Waals surface area contributed by atoms with Gasteiger partial charge >= 0.3 is 0 Å². The van der Waals surface area contributed by atoms with Gasteiger partial charge in [0.2, 0.25) is 5.88 Å². The lowest BCUT2D eigenvalue weighted by Crippen LogP contribution is -2.40. The Morgan fingerprint density at radius 2 is 1.93 bits per heavy atom. The highest BCUT2D eigenvalue weighted by Crippen LogP contribution is 2.24. The molecule has 3 aromatic rings. The molecule has 7 nitrogen and oxygen atoms in total. The number of nitrogens with zero attached hydrogens (tertiary/aromatic N) is 5. The predicted molar refractivity (Wildman–Crippen MR) is 106 cm³/mol. The van der Waals surface area contributed by atoms with E-state index in [2.05, 4.69) is 15.1 Å². The molecule has 1 aromatic carbocycles. The molecule has 0 unspecified atom stereocenters. The number of carbonyl (C=O) groups excluding carboxylic acids is 1. The van der Waals surface area contributed by atoms with E-state index in [4.69, 9.17) is 4.74 Å². The molecule has 0 atom stereocenters. The van der Waals surface area contributed by atoms with Crippen molar-refractivity contribution in [1.29, 1.82) is 0 Å². The molecule has 28 heavy (non-hydrogen) atoms. The third-order valence-corrected chi connectivity index (χ3v) is 5.61. The molecule has 0 saturated carbocycles. The Morgan fingerprint density at radius 3 is 2.71 bits per heavy atom. The van der Waals surface area contributed by atoms with Crippen molar-refractivity contribution in [3.8, 4) is 5.88 Å². The number of fused-ring (bicyclic) bond motifs is 1. The molecule has 1 fully saturated rings. The van der Waals surface area contributed by atoms with Crippen LogP contribution in [0.15, 0.2) is 30.6 Å². The van der Waals surface area contributed by atoms with E-state index >= 15 is 0 Å². The maximum absolute atomic E-state index is 13.0. The Bertz CT molecular complexity index is 1010. The van der Waals surface area contributed by atoms with Crippen LogP contribution in [0.5, 0.6) is 5.88 Å². The number of rotatable bonds is 4. The van der Waals surface area contributed by atoms with E-state index in [0.29, 0.717) is 24.1 Å². The second-order valence-corrected chi connectivity index (χ2v) is 7.43. The standard InChI is InChI=1S/C21H25N5O2/c1-14-15(2)22-13-23-20(14)28-12-16-8-10-26(11-9-16)21(27)19-17-6-4-5-7-18(17)25(3)24-19/h4-7,13,16H,8-12H2,1-3H3. The van der Waals surface area contributed by atoms with E-state index in [1.165, 1.54) is 6.33 Å². The molecule has 7 heteroatoms. The van der Waals surface area contributed by atoms with E-state index in [0.717, 1.165) is 48.1 Å². The van der Waals surface area contributed by atoms with Crippen molar-refractivity contribution >= 4 is 16.8 Å². The Morgan fingerprint density at radius 1 is 1.18 bits per heavy atom. The Balaban J connectivity index is 1.37. The van der Waals surface area contributed by atoms with Gasteiger partial charge in [-0.15, -0.1) is 0 Å². The summed E-state index contributed by atoms with van der Waals surface area (Å²) in [5, 5.41) is 5.38. The van der Waals surface area contributed by atoms with Crippen molar-refractivity contribution in [2.24, 2.45) is 13.0 Å². The molecule has 0 N–H and O–H groups in total. The average Bonchev–Trinajstić information content (AvgIpc) is 3.06. The zero-order valence-corrected chi connectivity index (χ0v) is 16.6. The molecule has 0 bridgehead atoms. The number of carbonyl (C=O) groups is 1. The normalized spacial score (nSPS) is 15.2. The lowest BCUT2D eigenvalue weighted by molar-refractivity contribution is 0.0654. The number of likely N-dealkylation sites (tertiary alicyclic amines) is 1. The number of ether oxygens (including phenoxy) is 1. The van der Waals surface area contributed by atoms with Gasteiger partial charge < -0.3 is 9.64 Å². The van der Waals surface area contributed by atoms with Gasteiger partial charge in [0.1, 0.15) is 6.33 Å². The summed E-state index contributed by atoms with van der Waals surface area (Å²) in [6.45, 7) is 5.99. The van der Waals surface area contributed by atoms with Crippen molar-refractivity contribution in [2.45, 2.75) is 26.7 Å². The molecule has 4 rings (SSSR count). The summed E-state index contributed by atoms with van der Waals surface area (Å²) < 4.78 is 7.70. The number of hydrogen-bond acceptors (Lipinski definition) is 5. The Kier molecular flexibility index (Phi) is 4.98. The third kappa shape index (κ3) is 3.44. The first-order valence-electron chi connectivity index (χ1n) is 9.66. The van der Waals surface area contributed by atoms with E-state index in [-0.39, 0.29) is 5.91 Å². The van der Waals surface area contributed by atoms with Gasteiger partial charge in [0.15, 0.2) is 5.69 Å². The minimum absolute atomic E-state index is 0.0124. The van der Waals surface area contributed by atoms with Crippen molar-refractivity contribution in [3.05, 3.63) is 47.5 Å². The zero-order chi connectivity index (χ0) is 19.7. The van der Waals surface area contributed by atoms with Gasteiger partial charge in [0.25, 0.3) is 5.91 Å². The highest BCUT2D eigenvalue weighted by atomic mass is 16.5. The molecule has 0 aliphatic carbocycles. The van der Waals surface area contributed by atoms with Crippen LogP contribution in [0.4, 0.5) is 0 Å². The van der Waals surface area contributed by atoms with Crippen LogP contribution in [0, 0.1) is 19.8 Å². The van der Waals surface area contributed by atoms with Gasteiger partial charge in [0.05, 0.1) is 12.1 Å². The maximum Gasteiger partial charge on any atom is 0.275 e.